The maximum Gasteiger partial charge on any atom is 0.328 e. The summed E-state index contributed by atoms with van der Waals surface area (Å²) in [5.41, 5.74) is 5.40. The van der Waals surface area contributed by atoms with Crippen molar-refractivity contribution in [3.05, 3.63) is 0 Å². The predicted octanol–water partition coefficient (Wildman–Crippen LogP) is -1.40. The van der Waals surface area contributed by atoms with Crippen molar-refractivity contribution >= 4 is 24.3 Å². The van der Waals surface area contributed by atoms with Gasteiger partial charge in [-0.3, -0.25) is 4.79 Å². The summed E-state index contributed by atoms with van der Waals surface area (Å²) in [6.45, 7) is -0.0775. The quantitative estimate of drug-likeness (QED) is 0.517. The van der Waals surface area contributed by atoms with E-state index in [1.807, 2.05) is 0 Å². The van der Waals surface area contributed by atoms with Gasteiger partial charge in [0.1, 0.15) is 6.04 Å². The number of carboxylic acids is 1. The number of hydrogen-bond donors (Lipinski definition) is 3. The second-order valence-electron chi connectivity index (χ2n) is 2.92. The van der Waals surface area contributed by atoms with Crippen LogP contribution in [-0.4, -0.2) is 56.5 Å². The Morgan fingerprint density at radius 1 is 1.31 bits per heavy atom. The molecule has 0 saturated heterocycles. The molecule has 96 valence electrons. The van der Waals surface area contributed by atoms with Crippen LogP contribution in [0.4, 0.5) is 0 Å². The number of carboxylic acid groups (broad SMARTS) is 1. The van der Waals surface area contributed by atoms with E-state index in [9.17, 15) is 9.59 Å². The minimum absolute atomic E-state index is 0. The third kappa shape index (κ3) is 6.57. The van der Waals surface area contributed by atoms with Gasteiger partial charge in [-0.1, -0.05) is 0 Å². The third-order valence-electron chi connectivity index (χ3n) is 1.63. The van der Waals surface area contributed by atoms with Gasteiger partial charge in [0, 0.05) is 14.2 Å². The van der Waals surface area contributed by atoms with Crippen LogP contribution in [0.2, 0.25) is 0 Å². The number of nitrogens with one attached hydrogen (secondary N) is 1. The first-order chi connectivity index (χ1) is 7.02. The normalized spacial score (nSPS) is 13.4. The van der Waals surface area contributed by atoms with Gasteiger partial charge in [-0.15, -0.1) is 12.4 Å². The summed E-state index contributed by atoms with van der Waals surface area (Å²) in [7, 11) is 2.74. The van der Waals surface area contributed by atoms with E-state index < -0.39 is 24.0 Å². The van der Waals surface area contributed by atoms with E-state index >= 15 is 0 Å². The van der Waals surface area contributed by atoms with Gasteiger partial charge < -0.3 is 25.6 Å². The number of amides is 1. The van der Waals surface area contributed by atoms with Crippen LogP contribution in [0.15, 0.2) is 0 Å². The van der Waals surface area contributed by atoms with Crippen LogP contribution in [-0.2, 0) is 19.1 Å². The molecule has 0 aromatic heterocycles. The minimum atomic E-state index is -1.17. The Morgan fingerprint density at radius 2 is 1.81 bits per heavy atom. The van der Waals surface area contributed by atoms with Crippen LogP contribution in [0.1, 0.15) is 0 Å². The van der Waals surface area contributed by atoms with Gasteiger partial charge in [0.25, 0.3) is 0 Å². The zero-order valence-electron chi connectivity index (χ0n) is 9.13. The Kier molecular flexibility index (Phi) is 10.2. The Balaban J connectivity index is 0. The fraction of sp³-hybridized carbons (Fsp3) is 0.750. The van der Waals surface area contributed by atoms with E-state index in [2.05, 4.69) is 14.8 Å². The molecule has 8 heteroatoms. The van der Waals surface area contributed by atoms with Crippen molar-refractivity contribution in [3.8, 4) is 0 Å². The maximum atomic E-state index is 11.3. The summed E-state index contributed by atoms with van der Waals surface area (Å²) in [5, 5.41) is 10.9. The number of halogens is 1. The molecule has 7 nitrogen and oxygen atoms in total. The molecule has 1 unspecified atom stereocenters. The zero-order chi connectivity index (χ0) is 11.8. The number of carbonyl (C=O) groups is 2. The van der Waals surface area contributed by atoms with E-state index in [0.717, 1.165) is 0 Å². The Hall–Kier alpha value is -0.890. The SMILES string of the molecule is COCC(NC(=O)[C@@H](N)COC)C(=O)O.Cl. The summed E-state index contributed by atoms with van der Waals surface area (Å²) >= 11 is 0. The van der Waals surface area contributed by atoms with Crippen molar-refractivity contribution < 1.29 is 24.2 Å². The molecule has 16 heavy (non-hydrogen) atoms. The van der Waals surface area contributed by atoms with Crippen LogP contribution in [0.25, 0.3) is 0 Å². The van der Waals surface area contributed by atoms with Gasteiger partial charge in [-0.2, -0.15) is 0 Å². The number of nitrogens with two attached hydrogens (primary N) is 1. The molecule has 0 rings (SSSR count). The van der Waals surface area contributed by atoms with Crippen molar-refractivity contribution in [3.63, 3.8) is 0 Å². The van der Waals surface area contributed by atoms with E-state index in [1.54, 1.807) is 0 Å². The molecule has 4 N–H and O–H groups in total. The highest BCUT2D eigenvalue weighted by atomic mass is 35.5. The van der Waals surface area contributed by atoms with Crippen molar-refractivity contribution in [2.75, 3.05) is 27.4 Å². The summed E-state index contributed by atoms with van der Waals surface area (Å²) < 4.78 is 9.30. The molecule has 0 radical (unpaired) electrons. The molecule has 0 aliphatic rings. The van der Waals surface area contributed by atoms with Crippen LogP contribution in [0.5, 0.6) is 0 Å². The van der Waals surface area contributed by atoms with Crippen LogP contribution in [0, 0.1) is 0 Å². The molecule has 0 saturated carbocycles. The summed E-state index contributed by atoms with van der Waals surface area (Å²) in [6, 6.07) is -1.97. The average molecular weight is 257 g/mol. The van der Waals surface area contributed by atoms with Crippen molar-refractivity contribution in [2.45, 2.75) is 12.1 Å². The Bertz CT molecular complexity index is 226. The largest absolute Gasteiger partial charge is 0.480 e. The van der Waals surface area contributed by atoms with Crippen LogP contribution >= 0.6 is 12.4 Å². The van der Waals surface area contributed by atoms with E-state index in [1.165, 1.54) is 14.2 Å². The van der Waals surface area contributed by atoms with Gasteiger partial charge in [0.15, 0.2) is 6.04 Å². The number of aliphatic carboxylic acids is 1. The van der Waals surface area contributed by atoms with Crippen molar-refractivity contribution in [2.24, 2.45) is 5.73 Å². The molecule has 0 aromatic carbocycles. The molecule has 0 heterocycles. The molecule has 0 aliphatic carbocycles. The molecule has 0 spiro atoms. The van der Waals surface area contributed by atoms with Crippen molar-refractivity contribution in [1.82, 2.24) is 5.32 Å². The number of carbonyl (C=O) groups excluding carboxylic acids is 1. The van der Waals surface area contributed by atoms with Gasteiger partial charge in [0.2, 0.25) is 5.91 Å². The fourth-order valence-electron chi connectivity index (χ4n) is 0.875. The van der Waals surface area contributed by atoms with E-state index in [-0.39, 0.29) is 25.6 Å². The fourth-order valence-corrected chi connectivity index (χ4v) is 0.875. The van der Waals surface area contributed by atoms with E-state index in [0.29, 0.717) is 0 Å². The smallest absolute Gasteiger partial charge is 0.328 e. The highest BCUT2D eigenvalue weighted by Gasteiger charge is 2.22. The lowest BCUT2D eigenvalue weighted by atomic mass is 10.2. The molecule has 0 fully saturated rings. The second kappa shape index (κ2) is 9.34. The molecular weight excluding hydrogens is 240 g/mol. The van der Waals surface area contributed by atoms with Gasteiger partial charge in [-0.25, -0.2) is 4.79 Å². The van der Waals surface area contributed by atoms with Gasteiger partial charge in [-0.05, 0) is 0 Å². The topological polar surface area (TPSA) is 111 Å². The highest BCUT2D eigenvalue weighted by Crippen LogP contribution is 1.88. The maximum absolute atomic E-state index is 11.3. The minimum Gasteiger partial charge on any atom is -0.480 e. The second-order valence-corrected chi connectivity index (χ2v) is 2.92. The highest BCUT2D eigenvalue weighted by molar-refractivity contribution is 5.86. The van der Waals surface area contributed by atoms with Gasteiger partial charge in [0.05, 0.1) is 13.2 Å². The summed E-state index contributed by atoms with van der Waals surface area (Å²) in [5.74, 6) is -1.75. The lowest BCUT2D eigenvalue weighted by molar-refractivity contribution is -0.143. The molecular formula is C8H17ClN2O5. The number of hydrogen-bond acceptors (Lipinski definition) is 5. The number of ether oxygens (including phenoxy) is 2. The number of rotatable bonds is 7. The monoisotopic (exact) mass is 256 g/mol. The molecule has 0 aromatic rings. The summed E-state index contributed by atoms with van der Waals surface area (Å²) in [6.07, 6.45) is 0. The first-order valence-corrected chi connectivity index (χ1v) is 4.29. The lowest BCUT2D eigenvalue weighted by Gasteiger charge is -2.16. The van der Waals surface area contributed by atoms with Crippen LogP contribution < -0.4 is 11.1 Å². The molecule has 0 bridgehead atoms. The number of methoxy groups -OCH3 is 2. The molecule has 0 aliphatic heterocycles. The first kappa shape index (κ1) is 17.5. The predicted molar refractivity (Wildman–Crippen MR) is 58.5 cm³/mol. The van der Waals surface area contributed by atoms with E-state index in [4.69, 9.17) is 10.8 Å². The molecule has 1 amide bonds. The Morgan fingerprint density at radius 3 is 2.19 bits per heavy atom. The molecule has 2 atom stereocenters. The first-order valence-electron chi connectivity index (χ1n) is 4.29. The standard InChI is InChI=1S/C8H16N2O5.ClH/c1-14-3-5(9)7(11)10-6(4-15-2)8(12)13;/h5-6H,3-4,9H2,1-2H3,(H,10,11)(H,12,13);1H/t5-,6?;/m0./s1. The summed E-state index contributed by atoms with van der Waals surface area (Å²) in [4.78, 5) is 21.9. The van der Waals surface area contributed by atoms with Gasteiger partial charge >= 0.3 is 5.97 Å². The zero-order valence-corrected chi connectivity index (χ0v) is 9.95. The third-order valence-corrected chi connectivity index (χ3v) is 1.63. The van der Waals surface area contributed by atoms with Crippen LogP contribution in [0.3, 0.4) is 0 Å². The Labute approximate surface area is 99.7 Å². The lowest BCUT2D eigenvalue weighted by Crippen LogP contribution is -2.51. The average Bonchev–Trinajstić information content (AvgIpc) is 2.17. The van der Waals surface area contributed by atoms with Crippen molar-refractivity contribution in [1.29, 1.82) is 0 Å².